The van der Waals surface area contributed by atoms with Gasteiger partial charge in [-0.1, -0.05) is 54.6 Å². The summed E-state index contributed by atoms with van der Waals surface area (Å²) in [4.78, 5) is 41.8. The predicted octanol–water partition coefficient (Wildman–Crippen LogP) is 3.59. The molecule has 0 aromatic heterocycles. The Morgan fingerprint density at radius 3 is 2.23 bits per heavy atom. The van der Waals surface area contributed by atoms with E-state index < -0.39 is 23.0 Å². The summed E-state index contributed by atoms with van der Waals surface area (Å²) in [5.74, 6) is -0.687. The van der Waals surface area contributed by atoms with Crippen molar-refractivity contribution in [2.24, 2.45) is 0 Å². The van der Waals surface area contributed by atoms with Crippen LogP contribution in [0.5, 0.6) is 0 Å². The number of rotatable bonds is 5. The van der Waals surface area contributed by atoms with Crippen LogP contribution in [0.15, 0.2) is 54.6 Å². The van der Waals surface area contributed by atoms with Crippen LogP contribution in [0.3, 0.4) is 0 Å². The number of urea groups is 1. The Labute approximate surface area is 177 Å². The lowest BCUT2D eigenvalue weighted by Crippen LogP contribution is -2.50. The van der Waals surface area contributed by atoms with E-state index in [0.29, 0.717) is 6.54 Å². The molecule has 3 rings (SSSR count). The van der Waals surface area contributed by atoms with Crippen LogP contribution in [-0.2, 0) is 21.7 Å². The highest BCUT2D eigenvalue weighted by atomic mass is 16.2. The van der Waals surface area contributed by atoms with Gasteiger partial charge in [0.05, 0.1) is 0 Å². The van der Waals surface area contributed by atoms with E-state index in [0.717, 1.165) is 21.6 Å². The van der Waals surface area contributed by atoms with Crippen LogP contribution in [0.25, 0.3) is 0 Å². The molecule has 1 aliphatic heterocycles. The van der Waals surface area contributed by atoms with E-state index >= 15 is 0 Å². The zero-order valence-corrected chi connectivity index (χ0v) is 18.2. The SMILES string of the molecule is Cc1ccccc1C1(C)NC(=O)N(CC(=O)N(Cc2ccccc2)C(C)(C)C)C1=O. The molecule has 1 aliphatic rings. The minimum atomic E-state index is -1.19. The van der Waals surface area contributed by atoms with Gasteiger partial charge >= 0.3 is 6.03 Å². The molecular weight excluding hydrogens is 378 g/mol. The normalized spacial score (nSPS) is 19.0. The van der Waals surface area contributed by atoms with Gasteiger partial charge < -0.3 is 10.2 Å². The maximum absolute atomic E-state index is 13.2. The first-order chi connectivity index (χ1) is 14.0. The average molecular weight is 408 g/mol. The number of carbonyl (C=O) groups is 3. The fraction of sp³-hybridized carbons (Fsp3) is 0.375. The monoisotopic (exact) mass is 407 g/mol. The molecule has 1 heterocycles. The smallest absolute Gasteiger partial charge is 0.325 e. The van der Waals surface area contributed by atoms with E-state index in [9.17, 15) is 14.4 Å². The maximum Gasteiger partial charge on any atom is 0.325 e. The van der Waals surface area contributed by atoms with Gasteiger partial charge in [0.1, 0.15) is 12.1 Å². The van der Waals surface area contributed by atoms with Gasteiger partial charge in [0.25, 0.3) is 5.91 Å². The van der Waals surface area contributed by atoms with Gasteiger partial charge in [0, 0.05) is 12.1 Å². The van der Waals surface area contributed by atoms with Crippen molar-refractivity contribution < 1.29 is 14.4 Å². The third kappa shape index (κ3) is 4.08. The summed E-state index contributed by atoms with van der Waals surface area (Å²) < 4.78 is 0. The zero-order chi connectivity index (χ0) is 22.1. The van der Waals surface area contributed by atoms with E-state index in [-0.39, 0.29) is 12.5 Å². The molecule has 6 heteroatoms. The third-order valence-corrected chi connectivity index (χ3v) is 5.55. The second kappa shape index (κ2) is 7.94. The van der Waals surface area contributed by atoms with Crippen molar-refractivity contribution in [3.05, 3.63) is 71.3 Å². The van der Waals surface area contributed by atoms with E-state index in [4.69, 9.17) is 0 Å². The molecule has 0 spiro atoms. The summed E-state index contributed by atoms with van der Waals surface area (Å²) in [7, 11) is 0. The lowest BCUT2D eigenvalue weighted by atomic mass is 9.88. The number of aryl methyl sites for hydroxylation is 1. The quantitative estimate of drug-likeness (QED) is 0.770. The molecule has 0 radical (unpaired) electrons. The van der Waals surface area contributed by atoms with Crippen molar-refractivity contribution in [3.63, 3.8) is 0 Å². The molecule has 30 heavy (non-hydrogen) atoms. The van der Waals surface area contributed by atoms with Crippen LogP contribution < -0.4 is 5.32 Å². The Morgan fingerprint density at radius 2 is 1.63 bits per heavy atom. The molecule has 0 saturated carbocycles. The lowest BCUT2D eigenvalue weighted by molar-refractivity contribution is -0.142. The van der Waals surface area contributed by atoms with Gasteiger partial charge in [-0.3, -0.25) is 14.5 Å². The van der Waals surface area contributed by atoms with Crippen LogP contribution in [0.4, 0.5) is 4.79 Å². The number of imide groups is 1. The highest BCUT2D eigenvalue weighted by Gasteiger charge is 2.50. The molecule has 2 aromatic carbocycles. The second-order valence-corrected chi connectivity index (χ2v) is 8.90. The molecule has 158 valence electrons. The Balaban J connectivity index is 1.83. The lowest BCUT2D eigenvalue weighted by Gasteiger charge is -2.36. The van der Waals surface area contributed by atoms with Crippen molar-refractivity contribution in [1.29, 1.82) is 0 Å². The summed E-state index contributed by atoms with van der Waals surface area (Å²) in [6.07, 6.45) is 0. The molecule has 0 bridgehead atoms. The van der Waals surface area contributed by atoms with E-state index in [1.807, 2.05) is 82.3 Å². The second-order valence-electron chi connectivity index (χ2n) is 8.90. The molecule has 4 amide bonds. The molecule has 1 saturated heterocycles. The third-order valence-electron chi connectivity index (χ3n) is 5.55. The van der Waals surface area contributed by atoms with Crippen LogP contribution in [0.2, 0.25) is 0 Å². The van der Waals surface area contributed by atoms with Crippen LogP contribution in [0, 0.1) is 6.92 Å². The Kier molecular flexibility index (Phi) is 5.70. The van der Waals surface area contributed by atoms with Gasteiger partial charge in [0.15, 0.2) is 0 Å². The first-order valence-electron chi connectivity index (χ1n) is 10.1. The van der Waals surface area contributed by atoms with Gasteiger partial charge in [-0.05, 0) is 51.3 Å². The number of carbonyl (C=O) groups excluding carboxylic acids is 3. The van der Waals surface area contributed by atoms with Crippen LogP contribution >= 0.6 is 0 Å². The minimum Gasteiger partial charge on any atom is -0.332 e. The molecule has 2 aromatic rings. The van der Waals surface area contributed by atoms with Crippen molar-refractivity contribution in [3.8, 4) is 0 Å². The minimum absolute atomic E-state index is 0.274. The van der Waals surface area contributed by atoms with Crippen molar-refractivity contribution in [2.75, 3.05) is 6.54 Å². The molecule has 1 N–H and O–H groups in total. The van der Waals surface area contributed by atoms with Crippen LogP contribution in [0.1, 0.15) is 44.4 Å². The van der Waals surface area contributed by atoms with Gasteiger partial charge in [-0.2, -0.15) is 0 Å². The number of benzene rings is 2. The Morgan fingerprint density at radius 1 is 1.03 bits per heavy atom. The van der Waals surface area contributed by atoms with Crippen molar-refractivity contribution >= 4 is 17.8 Å². The molecular formula is C24H29N3O3. The first kappa shape index (κ1) is 21.6. The highest BCUT2D eigenvalue weighted by Crippen LogP contribution is 2.31. The van der Waals surface area contributed by atoms with Crippen molar-refractivity contribution in [2.45, 2.75) is 52.2 Å². The summed E-state index contributed by atoms with van der Waals surface area (Å²) in [6, 6.07) is 16.6. The number of nitrogens with one attached hydrogen (secondary N) is 1. The number of hydrogen-bond donors (Lipinski definition) is 1. The molecule has 6 nitrogen and oxygen atoms in total. The standard InChI is InChI=1S/C24H29N3O3/c1-17-11-9-10-14-19(17)24(5)21(29)26(22(30)25-24)16-20(28)27(23(2,3)4)15-18-12-7-6-8-13-18/h6-14H,15-16H2,1-5H3,(H,25,30). The van der Waals surface area contributed by atoms with E-state index in [1.165, 1.54) is 0 Å². The first-order valence-corrected chi connectivity index (χ1v) is 10.1. The van der Waals surface area contributed by atoms with E-state index in [1.54, 1.807) is 11.8 Å². The van der Waals surface area contributed by atoms with Crippen molar-refractivity contribution in [1.82, 2.24) is 15.1 Å². The molecule has 0 aliphatic carbocycles. The summed E-state index contributed by atoms with van der Waals surface area (Å²) in [5.41, 5.74) is 0.973. The summed E-state index contributed by atoms with van der Waals surface area (Å²) in [5, 5.41) is 2.79. The number of amides is 4. The number of nitrogens with zero attached hydrogens (tertiary/aromatic N) is 2. The zero-order valence-electron chi connectivity index (χ0n) is 18.2. The summed E-state index contributed by atoms with van der Waals surface area (Å²) in [6.45, 7) is 9.52. The molecule has 1 fully saturated rings. The summed E-state index contributed by atoms with van der Waals surface area (Å²) >= 11 is 0. The fourth-order valence-electron chi connectivity index (χ4n) is 3.84. The van der Waals surface area contributed by atoms with Crippen LogP contribution in [-0.4, -0.2) is 39.7 Å². The largest absolute Gasteiger partial charge is 0.332 e. The fourth-order valence-corrected chi connectivity index (χ4v) is 3.84. The molecule has 1 atom stereocenters. The topological polar surface area (TPSA) is 69.7 Å². The Bertz CT molecular complexity index is 965. The predicted molar refractivity (Wildman–Crippen MR) is 116 cm³/mol. The van der Waals surface area contributed by atoms with Gasteiger partial charge in [0.2, 0.25) is 5.91 Å². The number of hydrogen-bond acceptors (Lipinski definition) is 3. The average Bonchev–Trinajstić information content (AvgIpc) is 2.90. The van der Waals surface area contributed by atoms with Gasteiger partial charge in [-0.15, -0.1) is 0 Å². The molecule has 1 unspecified atom stereocenters. The van der Waals surface area contributed by atoms with E-state index in [2.05, 4.69) is 5.32 Å². The highest BCUT2D eigenvalue weighted by molar-refractivity contribution is 6.09. The van der Waals surface area contributed by atoms with Gasteiger partial charge in [-0.25, -0.2) is 4.79 Å². The maximum atomic E-state index is 13.2. The Hall–Kier alpha value is -3.15.